The van der Waals surface area contributed by atoms with E-state index in [-0.39, 0.29) is 12.2 Å². The van der Waals surface area contributed by atoms with Crippen molar-refractivity contribution in [2.45, 2.75) is 25.1 Å². The highest BCUT2D eigenvalue weighted by atomic mass is 19.4. The minimum atomic E-state index is -4.70. The summed E-state index contributed by atoms with van der Waals surface area (Å²) in [4.78, 5) is 3.65. The lowest BCUT2D eigenvalue weighted by Crippen LogP contribution is -2.48. The summed E-state index contributed by atoms with van der Waals surface area (Å²) in [6.45, 7) is 0.752. The molecule has 1 aromatic carbocycles. The first-order valence-corrected chi connectivity index (χ1v) is 5.63. The summed E-state index contributed by atoms with van der Waals surface area (Å²) in [5.41, 5.74) is 3.11. The van der Waals surface area contributed by atoms with E-state index in [0.717, 1.165) is 6.92 Å². The summed E-state index contributed by atoms with van der Waals surface area (Å²) in [6, 6.07) is 5.44. The van der Waals surface area contributed by atoms with Crippen molar-refractivity contribution in [2.24, 2.45) is 5.73 Å². The van der Waals surface area contributed by atoms with E-state index in [4.69, 9.17) is 5.73 Å². The zero-order valence-corrected chi connectivity index (χ0v) is 10.4. The molecule has 0 radical (unpaired) electrons. The maximum absolute atomic E-state index is 12.7. The fourth-order valence-electron chi connectivity index (χ4n) is 1.44. The third-order valence-corrected chi connectivity index (χ3v) is 2.78. The highest BCUT2D eigenvalue weighted by Crippen LogP contribution is 2.35. The van der Waals surface area contributed by atoms with Gasteiger partial charge in [-0.3, -0.25) is 0 Å². The summed E-state index contributed by atoms with van der Waals surface area (Å²) in [6.07, 6.45) is -4.58. The number of alkyl halides is 3. The molecule has 1 unspecified atom stereocenters. The molecule has 1 heterocycles. The number of nitrogens with zero attached hydrogens (tertiary/aromatic N) is 2. The molecular weight excluding hydrogens is 278 g/mol. The molecular formula is C12H11F4N3O. The van der Waals surface area contributed by atoms with Crippen LogP contribution in [-0.4, -0.2) is 16.3 Å². The number of hydrogen-bond donors (Lipinski definition) is 1. The van der Waals surface area contributed by atoms with Crippen molar-refractivity contribution in [3.63, 3.8) is 0 Å². The second kappa shape index (κ2) is 4.86. The normalized spacial score (nSPS) is 15.1. The van der Waals surface area contributed by atoms with Crippen molar-refractivity contribution in [1.29, 1.82) is 0 Å². The van der Waals surface area contributed by atoms with Gasteiger partial charge >= 0.3 is 6.18 Å². The zero-order valence-electron chi connectivity index (χ0n) is 10.4. The Labute approximate surface area is 111 Å². The van der Waals surface area contributed by atoms with Gasteiger partial charge in [-0.05, 0) is 24.6 Å². The summed E-state index contributed by atoms with van der Waals surface area (Å²) in [7, 11) is 0. The van der Waals surface area contributed by atoms with E-state index in [1.54, 1.807) is 0 Å². The standard InChI is InChI=1S/C12H11F4N3O/c1-11(17,12(14,15)16)10-18-9(19-20-10)6-7-2-4-8(13)5-3-7/h2-5H,6,17H2,1H3. The topological polar surface area (TPSA) is 64.9 Å². The molecule has 1 aromatic heterocycles. The molecule has 2 rings (SSSR count). The summed E-state index contributed by atoms with van der Waals surface area (Å²) < 4.78 is 55.4. The predicted octanol–water partition coefficient (Wildman–Crippen LogP) is 2.54. The number of rotatable bonds is 3. The van der Waals surface area contributed by atoms with Crippen LogP contribution in [0.1, 0.15) is 24.2 Å². The first-order chi connectivity index (χ1) is 9.20. The van der Waals surface area contributed by atoms with Gasteiger partial charge in [0, 0.05) is 6.42 Å². The smallest absolute Gasteiger partial charge is 0.337 e. The van der Waals surface area contributed by atoms with Crippen LogP contribution in [0.2, 0.25) is 0 Å². The Morgan fingerprint density at radius 1 is 1.20 bits per heavy atom. The molecule has 20 heavy (non-hydrogen) atoms. The molecule has 4 nitrogen and oxygen atoms in total. The fourth-order valence-corrected chi connectivity index (χ4v) is 1.44. The van der Waals surface area contributed by atoms with Gasteiger partial charge in [-0.2, -0.15) is 18.2 Å². The van der Waals surface area contributed by atoms with Gasteiger partial charge in [-0.25, -0.2) is 4.39 Å². The van der Waals surface area contributed by atoms with Gasteiger partial charge in [0.2, 0.25) is 0 Å². The maximum atomic E-state index is 12.7. The maximum Gasteiger partial charge on any atom is 0.415 e. The molecule has 0 aliphatic carbocycles. The van der Waals surface area contributed by atoms with Gasteiger partial charge < -0.3 is 10.3 Å². The van der Waals surface area contributed by atoms with Crippen molar-refractivity contribution in [3.05, 3.63) is 47.4 Å². The summed E-state index contributed by atoms with van der Waals surface area (Å²) in [5.74, 6) is -1.07. The molecule has 0 bridgehead atoms. The van der Waals surface area contributed by atoms with Crippen molar-refractivity contribution in [1.82, 2.24) is 10.1 Å². The van der Waals surface area contributed by atoms with Crippen molar-refractivity contribution in [2.75, 3.05) is 0 Å². The Bertz CT molecular complexity index is 589. The number of nitrogens with two attached hydrogens (primary N) is 1. The highest BCUT2D eigenvalue weighted by molar-refractivity contribution is 5.20. The third kappa shape index (κ3) is 2.79. The predicted molar refractivity (Wildman–Crippen MR) is 61.1 cm³/mol. The minimum Gasteiger partial charge on any atom is -0.337 e. The van der Waals surface area contributed by atoms with Gasteiger partial charge in [-0.1, -0.05) is 17.3 Å². The van der Waals surface area contributed by atoms with Gasteiger partial charge in [0.15, 0.2) is 11.4 Å². The average molecular weight is 289 g/mol. The molecule has 0 amide bonds. The quantitative estimate of drug-likeness (QED) is 0.882. The molecule has 2 N–H and O–H groups in total. The Morgan fingerprint density at radius 3 is 2.35 bits per heavy atom. The van der Waals surface area contributed by atoms with Crippen molar-refractivity contribution >= 4 is 0 Å². The van der Waals surface area contributed by atoms with Gasteiger partial charge in [0.25, 0.3) is 5.89 Å². The lowest BCUT2D eigenvalue weighted by atomic mass is 10.0. The third-order valence-electron chi connectivity index (χ3n) is 2.78. The zero-order chi connectivity index (χ0) is 15.0. The van der Waals surface area contributed by atoms with E-state index in [0.29, 0.717) is 5.56 Å². The van der Waals surface area contributed by atoms with E-state index in [2.05, 4.69) is 14.7 Å². The first-order valence-electron chi connectivity index (χ1n) is 5.63. The largest absolute Gasteiger partial charge is 0.415 e. The van der Waals surface area contributed by atoms with Crippen LogP contribution >= 0.6 is 0 Å². The first kappa shape index (κ1) is 14.4. The second-order valence-electron chi connectivity index (χ2n) is 4.52. The minimum absolute atomic E-state index is 0.0486. The molecule has 0 aliphatic heterocycles. The van der Waals surface area contributed by atoms with Crippen LogP contribution in [0.15, 0.2) is 28.8 Å². The average Bonchev–Trinajstić information content (AvgIpc) is 2.80. The van der Waals surface area contributed by atoms with Gasteiger partial charge in [-0.15, -0.1) is 0 Å². The van der Waals surface area contributed by atoms with Gasteiger partial charge in [0.05, 0.1) is 0 Å². The SMILES string of the molecule is CC(N)(c1nc(Cc2ccc(F)cc2)no1)C(F)(F)F. The van der Waals surface area contributed by atoms with E-state index in [1.807, 2.05) is 0 Å². The molecule has 0 aliphatic rings. The van der Waals surface area contributed by atoms with Crippen LogP contribution in [0, 0.1) is 5.82 Å². The molecule has 0 spiro atoms. The number of aromatic nitrogens is 2. The lowest BCUT2D eigenvalue weighted by molar-refractivity contribution is -0.190. The molecule has 1 atom stereocenters. The monoisotopic (exact) mass is 289 g/mol. The van der Waals surface area contributed by atoms with Gasteiger partial charge in [0.1, 0.15) is 5.82 Å². The molecule has 0 saturated heterocycles. The highest BCUT2D eigenvalue weighted by Gasteiger charge is 2.53. The van der Waals surface area contributed by atoms with E-state index in [1.165, 1.54) is 24.3 Å². The Morgan fingerprint density at radius 2 is 1.80 bits per heavy atom. The van der Waals surface area contributed by atoms with Crippen LogP contribution in [0.3, 0.4) is 0 Å². The fraction of sp³-hybridized carbons (Fsp3) is 0.333. The lowest BCUT2D eigenvalue weighted by Gasteiger charge is -2.22. The Kier molecular flexibility index (Phi) is 3.51. The van der Waals surface area contributed by atoms with E-state index < -0.39 is 23.4 Å². The van der Waals surface area contributed by atoms with Crippen LogP contribution in [-0.2, 0) is 12.0 Å². The van der Waals surface area contributed by atoms with E-state index in [9.17, 15) is 17.6 Å². The van der Waals surface area contributed by atoms with Crippen LogP contribution in [0.5, 0.6) is 0 Å². The Balaban J connectivity index is 2.19. The molecule has 108 valence electrons. The molecule has 8 heteroatoms. The number of benzene rings is 1. The summed E-state index contributed by atoms with van der Waals surface area (Å²) in [5, 5.41) is 3.45. The van der Waals surface area contributed by atoms with Crippen LogP contribution < -0.4 is 5.73 Å². The second-order valence-corrected chi connectivity index (χ2v) is 4.52. The molecule has 0 fully saturated rings. The molecule has 2 aromatic rings. The Hall–Kier alpha value is -1.96. The van der Waals surface area contributed by atoms with Crippen LogP contribution in [0.4, 0.5) is 17.6 Å². The number of halogens is 4. The van der Waals surface area contributed by atoms with Crippen molar-refractivity contribution < 1.29 is 22.1 Å². The van der Waals surface area contributed by atoms with E-state index >= 15 is 0 Å². The number of hydrogen-bond acceptors (Lipinski definition) is 4. The molecule has 0 saturated carbocycles. The summed E-state index contributed by atoms with van der Waals surface area (Å²) >= 11 is 0. The van der Waals surface area contributed by atoms with Crippen molar-refractivity contribution in [3.8, 4) is 0 Å². The van der Waals surface area contributed by atoms with Crippen LogP contribution in [0.25, 0.3) is 0 Å².